The number of benzene rings is 1. The Bertz CT molecular complexity index is 424. The van der Waals surface area contributed by atoms with Gasteiger partial charge in [0.25, 0.3) is 0 Å². The van der Waals surface area contributed by atoms with Gasteiger partial charge in [0.05, 0.1) is 6.10 Å². The predicted molar refractivity (Wildman–Crippen MR) is 86.1 cm³/mol. The van der Waals surface area contributed by atoms with Crippen LogP contribution >= 0.6 is 11.8 Å². The van der Waals surface area contributed by atoms with E-state index in [4.69, 9.17) is 0 Å². The minimum atomic E-state index is -0.335. The lowest BCUT2D eigenvalue weighted by molar-refractivity contribution is 0.163. The molecule has 0 heterocycles. The fourth-order valence-electron chi connectivity index (χ4n) is 2.01. The topological polar surface area (TPSA) is 61.4 Å². The first kappa shape index (κ1) is 16.9. The average molecular weight is 296 g/mol. The fraction of sp³-hybridized carbons (Fsp3) is 0.533. The lowest BCUT2D eigenvalue weighted by atomic mass is 10.1. The van der Waals surface area contributed by atoms with Gasteiger partial charge in [-0.05, 0) is 43.2 Å². The number of nitrogens with one attached hydrogen (secondary N) is 2. The smallest absolute Gasteiger partial charge is 0.319 e. The monoisotopic (exact) mass is 296 g/mol. The van der Waals surface area contributed by atoms with Gasteiger partial charge in [0.1, 0.15) is 0 Å². The van der Waals surface area contributed by atoms with Crippen molar-refractivity contribution >= 4 is 23.5 Å². The molecule has 0 saturated carbocycles. The number of carbonyl (C=O) groups is 1. The molecule has 4 nitrogen and oxygen atoms in total. The van der Waals surface area contributed by atoms with E-state index in [0.29, 0.717) is 13.0 Å². The van der Waals surface area contributed by atoms with Gasteiger partial charge in [-0.25, -0.2) is 4.79 Å². The summed E-state index contributed by atoms with van der Waals surface area (Å²) in [5.41, 5.74) is 2.00. The van der Waals surface area contributed by atoms with E-state index in [2.05, 4.69) is 16.9 Å². The summed E-state index contributed by atoms with van der Waals surface area (Å²) < 4.78 is 0. The number of thioether (sulfide) groups is 1. The zero-order valence-electron chi connectivity index (χ0n) is 12.3. The van der Waals surface area contributed by atoms with Crippen LogP contribution in [0.3, 0.4) is 0 Å². The second kappa shape index (κ2) is 8.87. The molecule has 0 aliphatic rings. The van der Waals surface area contributed by atoms with Crippen molar-refractivity contribution in [2.24, 2.45) is 5.92 Å². The lowest BCUT2D eigenvalue weighted by Gasteiger charge is -2.15. The Kier molecular flexibility index (Phi) is 7.47. The Labute approximate surface area is 125 Å². The Morgan fingerprint density at radius 1 is 1.40 bits per heavy atom. The molecule has 0 bridgehead atoms. The number of aliphatic hydroxyl groups is 1. The van der Waals surface area contributed by atoms with Crippen LogP contribution in [0.5, 0.6) is 0 Å². The van der Waals surface area contributed by atoms with Gasteiger partial charge in [-0.1, -0.05) is 19.1 Å². The minimum absolute atomic E-state index is 0.205. The van der Waals surface area contributed by atoms with Crippen LogP contribution in [0.4, 0.5) is 10.5 Å². The molecule has 5 heteroatoms. The number of rotatable bonds is 7. The maximum atomic E-state index is 11.8. The molecule has 112 valence electrons. The highest BCUT2D eigenvalue weighted by Crippen LogP contribution is 2.14. The Balaban J connectivity index is 2.40. The molecule has 2 atom stereocenters. The molecule has 3 N–H and O–H groups in total. The van der Waals surface area contributed by atoms with Crippen molar-refractivity contribution in [3.05, 3.63) is 29.8 Å². The van der Waals surface area contributed by atoms with E-state index in [1.807, 2.05) is 31.2 Å². The van der Waals surface area contributed by atoms with Crippen molar-refractivity contribution in [3.8, 4) is 0 Å². The van der Waals surface area contributed by atoms with Crippen molar-refractivity contribution in [1.82, 2.24) is 5.32 Å². The Morgan fingerprint density at radius 2 is 2.15 bits per heavy atom. The van der Waals surface area contributed by atoms with E-state index in [9.17, 15) is 9.90 Å². The average Bonchev–Trinajstić information content (AvgIpc) is 2.36. The van der Waals surface area contributed by atoms with E-state index in [-0.39, 0.29) is 18.1 Å². The first-order valence-electron chi connectivity index (χ1n) is 6.82. The van der Waals surface area contributed by atoms with Crippen LogP contribution in [0.1, 0.15) is 25.8 Å². The number of hydrogen-bond donors (Lipinski definition) is 3. The minimum Gasteiger partial charge on any atom is -0.393 e. The molecule has 20 heavy (non-hydrogen) atoms. The first-order valence-corrected chi connectivity index (χ1v) is 8.21. The maximum Gasteiger partial charge on any atom is 0.319 e. The highest BCUT2D eigenvalue weighted by Gasteiger charge is 2.08. The molecule has 1 aromatic carbocycles. The number of aliphatic hydroxyl groups excluding tert-OH is 1. The van der Waals surface area contributed by atoms with Crippen LogP contribution in [0, 0.1) is 5.92 Å². The summed E-state index contributed by atoms with van der Waals surface area (Å²) in [6, 6.07) is 7.64. The number of amides is 2. The molecule has 0 aromatic heterocycles. The molecule has 0 fully saturated rings. The lowest BCUT2D eigenvalue weighted by Crippen LogP contribution is -2.33. The maximum absolute atomic E-state index is 11.8. The first-order chi connectivity index (χ1) is 9.51. The standard InChI is InChI=1S/C15H24N2O2S/c1-11(7-12(2)18)9-16-15(19)17-14-6-4-5-13(8-14)10-20-3/h4-6,8,11-12,18H,7,9-10H2,1-3H3,(H2,16,17,19)/t11-,12+/m0/s1. The summed E-state index contributed by atoms with van der Waals surface area (Å²) >= 11 is 1.75. The van der Waals surface area contributed by atoms with E-state index in [1.165, 1.54) is 5.56 Å². The zero-order chi connectivity index (χ0) is 15.0. The van der Waals surface area contributed by atoms with E-state index < -0.39 is 0 Å². The summed E-state index contributed by atoms with van der Waals surface area (Å²) in [4.78, 5) is 11.8. The van der Waals surface area contributed by atoms with Gasteiger partial charge in [0, 0.05) is 18.0 Å². The normalized spacial score (nSPS) is 13.6. The Morgan fingerprint density at radius 3 is 2.80 bits per heavy atom. The molecule has 0 aliphatic heterocycles. The van der Waals surface area contributed by atoms with Gasteiger partial charge in [-0.3, -0.25) is 0 Å². The highest BCUT2D eigenvalue weighted by atomic mass is 32.2. The molecule has 1 aromatic rings. The summed E-state index contributed by atoms with van der Waals surface area (Å²) in [6.07, 6.45) is 2.40. The van der Waals surface area contributed by atoms with Gasteiger partial charge in [-0.2, -0.15) is 11.8 Å². The third kappa shape index (κ3) is 6.82. The van der Waals surface area contributed by atoms with Crippen LogP contribution in [0.15, 0.2) is 24.3 Å². The van der Waals surface area contributed by atoms with Gasteiger partial charge in [0.15, 0.2) is 0 Å². The van der Waals surface area contributed by atoms with Crippen molar-refractivity contribution in [2.75, 3.05) is 18.1 Å². The summed E-state index contributed by atoms with van der Waals surface area (Å²) in [5, 5.41) is 14.9. The van der Waals surface area contributed by atoms with E-state index in [1.54, 1.807) is 18.7 Å². The van der Waals surface area contributed by atoms with Crippen molar-refractivity contribution < 1.29 is 9.90 Å². The highest BCUT2D eigenvalue weighted by molar-refractivity contribution is 7.97. The molecule has 2 amide bonds. The largest absolute Gasteiger partial charge is 0.393 e. The summed E-state index contributed by atoms with van der Waals surface area (Å²) in [6.45, 7) is 4.32. The van der Waals surface area contributed by atoms with Gasteiger partial charge in [-0.15, -0.1) is 0 Å². The molecule has 0 spiro atoms. The summed E-state index contributed by atoms with van der Waals surface area (Å²) in [5.74, 6) is 1.19. The fourth-order valence-corrected chi connectivity index (χ4v) is 2.53. The predicted octanol–water partition coefficient (Wildman–Crippen LogP) is 3.08. The number of anilines is 1. The third-order valence-electron chi connectivity index (χ3n) is 2.85. The van der Waals surface area contributed by atoms with E-state index >= 15 is 0 Å². The molecule has 1 rings (SSSR count). The van der Waals surface area contributed by atoms with Crippen LogP contribution in [0.2, 0.25) is 0 Å². The molecular formula is C15H24N2O2S. The van der Waals surface area contributed by atoms with Gasteiger partial charge >= 0.3 is 6.03 Å². The van der Waals surface area contributed by atoms with Gasteiger partial charge in [0.2, 0.25) is 0 Å². The van der Waals surface area contributed by atoms with Crippen molar-refractivity contribution in [3.63, 3.8) is 0 Å². The zero-order valence-corrected chi connectivity index (χ0v) is 13.2. The van der Waals surface area contributed by atoms with Crippen molar-refractivity contribution in [2.45, 2.75) is 32.1 Å². The second-order valence-electron chi connectivity index (χ2n) is 5.16. The van der Waals surface area contributed by atoms with Crippen molar-refractivity contribution in [1.29, 1.82) is 0 Å². The van der Waals surface area contributed by atoms with Gasteiger partial charge < -0.3 is 15.7 Å². The number of hydrogen-bond acceptors (Lipinski definition) is 3. The summed E-state index contributed by atoms with van der Waals surface area (Å²) in [7, 11) is 0. The molecule has 0 saturated heterocycles. The Hall–Kier alpha value is -1.20. The van der Waals surface area contributed by atoms with E-state index in [0.717, 1.165) is 11.4 Å². The molecule has 0 unspecified atom stereocenters. The molecule has 0 aliphatic carbocycles. The quantitative estimate of drug-likeness (QED) is 0.724. The molecular weight excluding hydrogens is 272 g/mol. The van der Waals surface area contributed by atoms with Crippen LogP contribution in [-0.4, -0.2) is 30.0 Å². The number of carbonyl (C=O) groups excluding carboxylic acids is 1. The molecule has 0 radical (unpaired) electrons. The third-order valence-corrected chi connectivity index (χ3v) is 3.47. The van der Waals surface area contributed by atoms with Crippen LogP contribution in [-0.2, 0) is 5.75 Å². The van der Waals surface area contributed by atoms with Crippen LogP contribution in [0.25, 0.3) is 0 Å². The second-order valence-corrected chi connectivity index (χ2v) is 6.02. The van der Waals surface area contributed by atoms with Crippen LogP contribution < -0.4 is 10.6 Å². The SMILES string of the molecule is CSCc1cccc(NC(=O)NC[C@@H](C)C[C@@H](C)O)c1. The number of urea groups is 1.